The Morgan fingerprint density at radius 2 is 1.30 bits per heavy atom. The maximum Gasteiger partial charge on any atom is 0.335 e. The minimum Gasteiger partial charge on any atom is -0.494 e. The lowest BCUT2D eigenvalue weighted by atomic mass is 9.93. The number of unbranched alkanes of at least 4 members (excludes halogenated alkanes) is 11. The molecular formula is C30H44O3. The van der Waals surface area contributed by atoms with Crippen LogP contribution in [0.15, 0.2) is 42.5 Å². The first-order valence-electron chi connectivity index (χ1n) is 13.2. The highest BCUT2D eigenvalue weighted by atomic mass is 16.5. The van der Waals surface area contributed by atoms with Crippen LogP contribution in [0.1, 0.15) is 113 Å². The summed E-state index contributed by atoms with van der Waals surface area (Å²) >= 11 is 0. The first-order chi connectivity index (χ1) is 16.2. The Balaban J connectivity index is 1.90. The van der Waals surface area contributed by atoms with E-state index in [-0.39, 0.29) is 0 Å². The van der Waals surface area contributed by atoms with Gasteiger partial charge in [-0.1, -0.05) is 103 Å². The summed E-state index contributed by atoms with van der Waals surface area (Å²) in [7, 11) is 0. The zero-order valence-corrected chi connectivity index (χ0v) is 20.9. The average molecular weight is 453 g/mol. The lowest BCUT2D eigenvalue weighted by Gasteiger charge is -2.12. The predicted molar refractivity (Wildman–Crippen MR) is 139 cm³/mol. The van der Waals surface area contributed by atoms with E-state index in [9.17, 15) is 9.90 Å². The van der Waals surface area contributed by atoms with Gasteiger partial charge in [-0.2, -0.15) is 0 Å². The number of rotatable bonds is 18. The van der Waals surface area contributed by atoms with Crippen molar-refractivity contribution in [2.45, 2.75) is 104 Å². The highest BCUT2D eigenvalue weighted by molar-refractivity contribution is 5.89. The van der Waals surface area contributed by atoms with Gasteiger partial charge in [-0.05, 0) is 60.2 Å². The third kappa shape index (κ3) is 10.5. The molecule has 0 saturated heterocycles. The first kappa shape index (κ1) is 27.0. The molecule has 0 bridgehead atoms. The van der Waals surface area contributed by atoms with Crippen molar-refractivity contribution in [3.8, 4) is 16.9 Å². The largest absolute Gasteiger partial charge is 0.494 e. The van der Waals surface area contributed by atoms with E-state index in [1.807, 2.05) is 24.3 Å². The number of carboxylic acid groups (broad SMARTS) is 1. The van der Waals surface area contributed by atoms with Crippen molar-refractivity contribution in [2.24, 2.45) is 0 Å². The van der Waals surface area contributed by atoms with Gasteiger partial charge in [-0.15, -0.1) is 0 Å². The van der Waals surface area contributed by atoms with E-state index in [2.05, 4.69) is 26.0 Å². The van der Waals surface area contributed by atoms with E-state index in [4.69, 9.17) is 4.74 Å². The summed E-state index contributed by atoms with van der Waals surface area (Å²) in [4.78, 5) is 11.5. The molecule has 2 aromatic carbocycles. The summed E-state index contributed by atoms with van der Waals surface area (Å²) in [5.41, 5.74) is 3.75. The molecule has 2 rings (SSSR count). The molecule has 3 nitrogen and oxygen atoms in total. The zero-order chi connectivity index (χ0) is 23.7. The van der Waals surface area contributed by atoms with Gasteiger partial charge in [-0.3, -0.25) is 0 Å². The molecule has 33 heavy (non-hydrogen) atoms. The molecule has 1 N–H and O–H groups in total. The number of ether oxygens (including phenoxy) is 1. The van der Waals surface area contributed by atoms with Crippen molar-refractivity contribution in [3.63, 3.8) is 0 Å². The van der Waals surface area contributed by atoms with Gasteiger partial charge < -0.3 is 9.84 Å². The molecule has 0 aliphatic heterocycles. The quantitative estimate of drug-likeness (QED) is 0.229. The molecular weight excluding hydrogens is 408 g/mol. The van der Waals surface area contributed by atoms with Crippen LogP contribution in [0, 0.1) is 0 Å². The number of aryl methyl sites for hydroxylation is 1. The maximum atomic E-state index is 11.5. The van der Waals surface area contributed by atoms with Gasteiger partial charge >= 0.3 is 5.97 Å². The van der Waals surface area contributed by atoms with E-state index >= 15 is 0 Å². The summed E-state index contributed by atoms with van der Waals surface area (Å²) in [6, 6.07) is 13.8. The third-order valence-electron chi connectivity index (χ3n) is 6.33. The van der Waals surface area contributed by atoms with Crippen LogP contribution in [0.5, 0.6) is 5.75 Å². The minimum atomic E-state index is -0.861. The normalized spacial score (nSPS) is 11.0. The highest BCUT2D eigenvalue weighted by Gasteiger charge is 2.10. The fourth-order valence-electron chi connectivity index (χ4n) is 4.29. The van der Waals surface area contributed by atoms with Gasteiger partial charge in [0.2, 0.25) is 0 Å². The molecule has 0 aliphatic rings. The monoisotopic (exact) mass is 452 g/mol. The topological polar surface area (TPSA) is 46.5 Å². The zero-order valence-electron chi connectivity index (χ0n) is 20.9. The molecule has 0 amide bonds. The van der Waals surface area contributed by atoms with E-state index in [1.165, 1.54) is 70.6 Å². The fraction of sp³-hybridized carbons (Fsp3) is 0.567. The molecule has 2 aromatic rings. The SMILES string of the molecule is CCCCCCCCCOc1ccc(-c2ccc(C(=O)O)cc2CCCCCCCC)cc1. The van der Waals surface area contributed by atoms with Crippen LogP contribution in [0.2, 0.25) is 0 Å². The molecule has 0 spiro atoms. The second-order valence-corrected chi connectivity index (χ2v) is 9.19. The molecule has 0 atom stereocenters. The van der Waals surface area contributed by atoms with E-state index in [0.29, 0.717) is 5.56 Å². The van der Waals surface area contributed by atoms with Gasteiger partial charge in [0.25, 0.3) is 0 Å². The van der Waals surface area contributed by atoms with Crippen LogP contribution in [0.25, 0.3) is 11.1 Å². The van der Waals surface area contributed by atoms with Crippen molar-refractivity contribution in [3.05, 3.63) is 53.6 Å². The molecule has 0 fully saturated rings. The van der Waals surface area contributed by atoms with Crippen LogP contribution in [0.3, 0.4) is 0 Å². The molecule has 0 unspecified atom stereocenters. The summed E-state index contributed by atoms with van der Waals surface area (Å²) in [5.74, 6) is 0.0456. The molecule has 0 aromatic heterocycles. The number of hydrogen-bond donors (Lipinski definition) is 1. The molecule has 0 aliphatic carbocycles. The molecule has 3 heteroatoms. The smallest absolute Gasteiger partial charge is 0.335 e. The fourth-order valence-corrected chi connectivity index (χ4v) is 4.29. The van der Waals surface area contributed by atoms with Crippen LogP contribution < -0.4 is 4.74 Å². The molecule has 182 valence electrons. The Hall–Kier alpha value is -2.29. The lowest BCUT2D eigenvalue weighted by Crippen LogP contribution is -2.00. The maximum absolute atomic E-state index is 11.5. The van der Waals surface area contributed by atoms with Crippen LogP contribution in [-0.2, 0) is 6.42 Å². The van der Waals surface area contributed by atoms with Gasteiger partial charge in [0.1, 0.15) is 5.75 Å². The van der Waals surface area contributed by atoms with E-state index < -0.39 is 5.97 Å². The van der Waals surface area contributed by atoms with Crippen molar-refractivity contribution >= 4 is 5.97 Å². The first-order valence-corrected chi connectivity index (χ1v) is 13.2. The lowest BCUT2D eigenvalue weighted by molar-refractivity contribution is 0.0696. The average Bonchev–Trinajstić information content (AvgIpc) is 2.83. The van der Waals surface area contributed by atoms with Gasteiger partial charge in [-0.25, -0.2) is 4.79 Å². The number of aromatic carboxylic acids is 1. The third-order valence-corrected chi connectivity index (χ3v) is 6.33. The van der Waals surface area contributed by atoms with Crippen molar-refractivity contribution in [1.82, 2.24) is 0 Å². The van der Waals surface area contributed by atoms with Crippen molar-refractivity contribution < 1.29 is 14.6 Å². The predicted octanol–water partition coefficient (Wildman–Crippen LogP) is 9.08. The molecule has 0 heterocycles. The van der Waals surface area contributed by atoms with E-state index in [1.54, 1.807) is 6.07 Å². The second-order valence-electron chi connectivity index (χ2n) is 9.19. The Kier molecular flexibility index (Phi) is 13.4. The van der Waals surface area contributed by atoms with Gasteiger partial charge in [0.05, 0.1) is 12.2 Å². The summed E-state index contributed by atoms with van der Waals surface area (Å²) in [5, 5.41) is 9.43. The second kappa shape index (κ2) is 16.3. The van der Waals surface area contributed by atoms with Crippen LogP contribution in [0.4, 0.5) is 0 Å². The highest BCUT2D eigenvalue weighted by Crippen LogP contribution is 2.28. The van der Waals surface area contributed by atoms with Crippen LogP contribution in [-0.4, -0.2) is 17.7 Å². The van der Waals surface area contributed by atoms with Crippen molar-refractivity contribution in [1.29, 1.82) is 0 Å². The number of hydrogen-bond acceptors (Lipinski definition) is 2. The Bertz CT molecular complexity index is 795. The summed E-state index contributed by atoms with van der Waals surface area (Å²) in [6.45, 7) is 5.25. The van der Waals surface area contributed by atoms with E-state index in [0.717, 1.165) is 48.3 Å². The molecule has 0 radical (unpaired) electrons. The molecule has 0 saturated carbocycles. The Morgan fingerprint density at radius 3 is 1.91 bits per heavy atom. The standard InChI is InChI=1S/C30H44O3/c1-3-5-7-9-11-13-15-23-33-28-20-17-25(18-21-28)29-22-19-27(30(31)32)24-26(29)16-14-12-10-8-6-4-2/h17-22,24H,3-16,23H2,1-2H3,(H,31,32). The van der Waals surface area contributed by atoms with Gasteiger partial charge in [0.15, 0.2) is 0 Å². The Morgan fingerprint density at radius 1 is 0.727 bits per heavy atom. The van der Waals surface area contributed by atoms with Gasteiger partial charge in [0, 0.05) is 0 Å². The minimum absolute atomic E-state index is 0.370. The number of carboxylic acids is 1. The van der Waals surface area contributed by atoms with Crippen LogP contribution >= 0.6 is 0 Å². The Labute approximate surface area is 201 Å². The summed E-state index contributed by atoms with van der Waals surface area (Å²) < 4.78 is 5.94. The summed E-state index contributed by atoms with van der Waals surface area (Å²) in [6.07, 6.45) is 17.3. The van der Waals surface area contributed by atoms with Crippen molar-refractivity contribution in [2.75, 3.05) is 6.61 Å². The number of carbonyl (C=O) groups is 1. The number of benzene rings is 2.